The fourth-order valence-electron chi connectivity index (χ4n) is 3.80. The number of hydrogen-bond acceptors (Lipinski definition) is 6. The molecule has 1 unspecified atom stereocenters. The van der Waals surface area contributed by atoms with E-state index in [1.807, 2.05) is 0 Å². The first kappa shape index (κ1) is 19.1. The van der Waals surface area contributed by atoms with Gasteiger partial charge in [-0.05, 0) is 31.9 Å². The van der Waals surface area contributed by atoms with Gasteiger partial charge in [-0.1, -0.05) is 5.92 Å². The van der Waals surface area contributed by atoms with E-state index >= 15 is 0 Å². The summed E-state index contributed by atoms with van der Waals surface area (Å²) in [4.78, 5) is 32.9. The third-order valence-electron chi connectivity index (χ3n) is 5.26. The Kier molecular flexibility index (Phi) is 5.03. The van der Waals surface area contributed by atoms with E-state index in [0.29, 0.717) is 36.0 Å². The van der Waals surface area contributed by atoms with Gasteiger partial charge in [-0.3, -0.25) is 18.5 Å². The number of aryl methyl sites for hydroxylation is 1. The van der Waals surface area contributed by atoms with Crippen molar-refractivity contribution in [1.82, 2.24) is 18.7 Å². The highest BCUT2D eigenvalue weighted by atomic mass is 16.3. The van der Waals surface area contributed by atoms with Crippen molar-refractivity contribution in [3.63, 3.8) is 0 Å². The molecular weight excluding hydrogens is 372 g/mol. The van der Waals surface area contributed by atoms with Crippen molar-refractivity contribution in [1.29, 1.82) is 0 Å². The smallest absolute Gasteiger partial charge is 0.332 e. The molecule has 9 heteroatoms. The lowest BCUT2D eigenvalue weighted by Crippen LogP contribution is -2.44. The molecule has 0 radical (unpaired) electrons. The average Bonchev–Trinajstić information content (AvgIpc) is 3.36. The number of piperidine rings is 1. The van der Waals surface area contributed by atoms with E-state index in [2.05, 4.69) is 21.7 Å². The summed E-state index contributed by atoms with van der Waals surface area (Å²) in [6.45, 7) is 3.56. The Balaban J connectivity index is 1.94. The zero-order chi connectivity index (χ0) is 20.5. The van der Waals surface area contributed by atoms with Crippen LogP contribution in [0.5, 0.6) is 0 Å². The summed E-state index contributed by atoms with van der Waals surface area (Å²) >= 11 is 0. The number of nitrogens with zero attached hydrogens (tertiary/aromatic N) is 5. The number of rotatable bonds is 4. The minimum atomic E-state index is -0.438. The maximum absolute atomic E-state index is 13.3. The van der Waals surface area contributed by atoms with E-state index < -0.39 is 11.2 Å². The van der Waals surface area contributed by atoms with Gasteiger partial charge in [-0.2, -0.15) is 4.98 Å². The highest BCUT2D eigenvalue weighted by molar-refractivity contribution is 5.75. The number of hydrogen-bond donors (Lipinski definition) is 1. The Morgan fingerprint density at radius 1 is 1.34 bits per heavy atom. The Morgan fingerprint density at radius 3 is 2.86 bits per heavy atom. The Labute approximate surface area is 167 Å². The van der Waals surface area contributed by atoms with Gasteiger partial charge in [0.2, 0.25) is 5.95 Å². The van der Waals surface area contributed by atoms with Crippen molar-refractivity contribution in [2.75, 3.05) is 18.0 Å². The van der Waals surface area contributed by atoms with Crippen LogP contribution in [0.3, 0.4) is 0 Å². The number of aromatic nitrogens is 4. The molecular formula is C20H24N6O3. The predicted octanol–water partition coefficient (Wildman–Crippen LogP) is 0.489. The van der Waals surface area contributed by atoms with Crippen molar-refractivity contribution in [3.05, 3.63) is 45.0 Å². The van der Waals surface area contributed by atoms with Gasteiger partial charge in [0.15, 0.2) is 11.2 Å². The molecule has 4 rings (SSSR count). The Morgan fingerprint density at radius 2 is 2.17 bits per heavy atom. The molecule has 3 aromatic heterocycles. The van der Waals surface area contributed by atoms with Gasteiger partial charge >= 0.3 is 5.69 Å². The predicted molar refractivity (Wildman–Crippen MR) is 110 cm³/mol. The first-order valence-corrected chi connectivity index (χ1v) is 9.63. The molecule has 1 atom stereocenters. The van der Waals surface area contributed by atoms with Crippen LogP contribution in [0.2, 0.25) is 0 Å². The van der Waals surface area contributed by atoms with Crippen molar-refractivity contribution in [3.8, 4) is 11.8 Å². The van der Waals surface area contributed by atoms with Gasteiger partial charge < -0.3 is 15.1 Å². The van der Waals surface area contributed by atoms with Crippen LogP contribution in [0.15, 0.2) is 32.4 Å². The lowest BCUT2D eigenvalue weighted by molar-refractivity contribution is 0.480. The average molecular weight is 396 g/mol. The maximum atomic E-state index is 13.3. The standard InChI is InChI=1S/C20H24N6O3/c1-3-4-10-25-16-17(22-19(25)24-9-5-7-14(21)12-24)23(2)20(28)26(18(16)27)13-15-8-6-11-29-15/h6,8,11,14H,5,7,9-10,12-13,21H2,1-2H3. The largest absolute Gasteiger partial charge is 0.467 e. The molecule has 1 fully saturated rings. The van der Waals surface area contributed by atoms with Crippen LogP contribution in [-0.2, 0) is 20.1 Å². The van der Waals surface area contributed by atoms with E-state index in [0.717, 1.165) is 19.4 Å². The SMILES string of the molecule is CC#CCn1c(N2CCCC(N)C2)nc2c1c(=O)n(Cc1ccco1)c(=O)n2C. The molecule has 0 saturated carbocycles. The highest BCUT2D eigenvalue weighted by Gasteiger charge is 2.26. The maximum Gasteiger partial charge on any atom is 0.332 e. The van der Waals surface area contributed by atoms with Crippen molar-refractivity contribution >= 4 is 17.1 Å². The molecule has 0 aromatic carbocycles. The first-order valence-electron chi connectivity index (χ1n) is 9.63. The molecule has 1 saturated heterocycles. The second kappa shape index (κ2) is 7.64. The fraction of sp³-hybridized carbons (Fsp3) is 0.450. The minimum Gasteiger partial charge on any atom is -0.467 e. The van der Waals surface area contributed by atoms with E-state index in [-0.39, 0.29) is 12.6 Å². The summed E-state index contributed by atoms with van der Waals surface area (Å²) in [5.41, 5.74) is 6.02. The lowest BCUT2D eigenvalue weighted by atomic mass is 10.1. The Hall–Kier alpha value is -3.25. The number of fused-ring (bicyclic) bond motifs is 1. The lowest BCUT2D eigenvalue weighted by Gasteiger charge is -2.31. The molecule has 152 valence electrons. The molecule has 0 amide bonds. The molecule has 0 spiro atoms. The molecule has 9 nitrogen and oxygen atoms in total. The third-order valence-corrected chi connectivity index (χ3v) is 5.26. The zero-order valence-corrected chi connectivity index (χ0v) is 16.6. The van der Waals surface area contributed by atoms with Crippen LogP contribution >= 0.6 is 0 Å². The zero-order valence-electron chi connectivity index (χ0n) is 16.6. The number of anilines is 1. The fourth-order valence-corrected chi connectivity index (χ4v) is 3.80. The molecule has 1 aliphatic heterocycles. The summed E-state index contributed by atoms with van der Waals surface area (Å²) in [6, 6.07) is 3.51. The van der Waals surface area contributed by atoms with E-state index in [1.54, 1.807) is 30.7 Å². The number of nitrogens with two attached hydrogens (primary N) is 1. The summed E-state index contributed by atoms with van der Waals surface area (Å²) < 4.78 is 9.70. The molecule has 4 heterocycles. The summed E-state index contributed by atoms with van der Waals surface area (Å²) in [7, 11) is 1.62. The minimum absolute atomic E-state index is 0.0497. The number of furan rings is 1. The van der Waals surface area contributed by atoms with Gasteiger partial charge in [0.25, 0.3) is 5.56 Å². The van der Waals surface area contributed by atoms with Crippen LogP contribution in [-0.4, -0.2) is 37.8 Å². The molecule has 1 aliphatic rings. The van der Waals surface area contributed by atoms with Gasteiger partial charge in [0, 0.05) is 26.2 Å². The first-order chi connectivity index (χ1) is 14.0. The molecule has 0 aliphatic carbocycles. The number of imidazole rings is 1. The summed E-state index contributed by atoms with van der Waals surface area (Å²) in [6.07, 6.45) is 3.42. The molecule has 2 N–H and O–H groups in total. The monoisotopic (exact) mass is 396 g/mol. The molecule has 29 heavy (non-hydrogen) atoms. The van der Waals surface area contributed by atoms with Crippen molar-refractivity contribution in [2.45, 2.75) is 38.9 Å². The Bertz CT molecular complexity index is 1210. The topological polar surface area (TPSA) is 104 Å². The van der Waals surface area contributed by atoms with Crippen molar-refractivity contribution < 1.29 is 4.42 Å². The van der Waals surface area contributed by atoms with Crippen LogP contribution in [0, 0.1) is 11.8 Å². The summed E-state index contributed by atoms with van der Waals surface area (Å²) in [5, 5.41) is 0. The van der Waals surface area contributed by atoms with E-state index in [1.165, 1.54) is 15.4 Å². The van der Waals surface area contributed by atoms with Crippen LogP contribution in [0.25, 0.3) is 11.2 Å². The second-order valence-electron chi connectivity index (χ2n) is 7.26. The van der Waals surface area contributed by atoms with Crippen LogP contribution < -0.4 is 21.9 Å². The van der Waals surface area contributed by atoms with E-state index in [9.17, 15) is 9.59 Å². The van der Waals surface area contributed by atoms with Gasteiger partial charge in [0.1, 0.15) is 5.76 Å². The quantitative estimate of drug-likeness (QED) is 0.644. The van der Waals surface area contributed by atoms with Crippen LogP contribution in [0.4, 0.5) is 5.95 Å². The molecule has 3 aromatic rings. The van der Waals surface area contributed by atoms with Crippen LogP contribution in [0.1, 0.15) is 25.5 Å². The van der Waals surface area contributed by atoms with Gasteiger partial charge in [-0.15, -0.1) is 5.92 Å². The molecule has 0 bridgehead atoms. The van der Waals surface area contributed by atoms with Gasteiger partial charge in [0.05, 0.1) is 19.4 Å². The van der Waals surface area contributed by atoms with Gasteiger partial charge in [-0.25, -0.2) is 4.79 Å². The van der Waals surface area contributed by atoms with Crippen molar-refractivity contribution in [2.24, 2.45) is 12.8 Å². The summed E-state index contributed by atoms with van der Waals surface area (Å²) in [5.74, 6) is 7.05. The normalized spacial score (nSPS) is 16.8. The third kappa shape index (κ3) is 3.36. The highest BCUT2D eigenvalue weighted by Crippen LogP contribution is 2.22. The second-order valence-corrected chi connectivity index (χ2v) is 7.26. The van der Waals surface area contributed by atoms with E-state index in [4.69, 9.17) is 10.2 Å².